The molecule has 0 aliphatic carbocycles. The van der Waals surface area contributed by atoms with Crippen LogP contribution in [0.25, 0.3) is 11.3 Å². The molecule has 0 unspecified atom stereocenters. The second-order valence-electron chi connectivity index (χ2n) is 7.21. The summed E-state index contributed by atoms with van der Waals surface area (Å²) in [6.45, 7) is 1.83. The fourth-order valence-electron chi connectivity index (χ4n) is 3.17. The summed E-state index contributed by atoms with van der Waals surface area (Å²) in [5.41, 5.74) is 2.23. The fraction of sp³-hybridized carbons (Fsp3) is 0.125. The summed E-state index contributed by atoms with van der Waals surface area (Å²) in [7, 11) is 1.28. The number of methoxy groups -OCH3 is 1. The molecule has 1 N–H and O–H groups in total. The number of esters is 1. The number of aryl methyl sites for hydroxylation is 1. The van der Waals surface area contributed by atoms with Crippen molar-refractivity contribution in [2.45, 2.75) is 13.5 Å². The van der Waals surface area contributed by atoms with Crippen molar-refractivity contribution in [3.8, 4) is 22.8 Å². The van der Waals surface area contributed by atoms with Crippen LogP contribution in [0.2, 0.25) is 0 Å². The van der Waals surface area contributed by atoms with Crippen molar-refractivity contribution in [2.24, 2.45) is 0 Å². The van der Waals surface area contributed by atoms with Gasteiger partial charge in [-0.3, -0.25) is 9.36 Å². The van der Waals surface area contributed by atoms with Crippen LogP contribution in [0, 0.1) is 6.92 Å². The zero-order chi connectivity index (χ0) is 23.4. The maximum atomic E-state index is 12.1. The lowest BCUT2D eigenvalue weighted by atomic mass is 10.1. The molecule has 0 radical (unpaired) electrons. The quantitative estimate of drug-likeness (QED) is 0.455. The van der Waals surface area contributed by atoms with Crippen molar-refractivity contribution in [2.75, 3.05) is 7.11 Å². The molecule has 4 aromatic rings. The molecule has 0 bridgehead atoms. The molecule has 0 amide bonds. The third-order valence-corrected chi connectivity index (χ3v) is 4.94. The summed E-state index contributed by atoms with van der Waals surface area (Å²) in [4.78, 5) is 38.8. The van der Waals surface area contributed by atoms with Gasteiger partial charge in [-0.15, -0.1) is 0 Å². The van der Waals surface area contributed by atoms with E-state index in [1.54, 1.807) is 24.3 Å². The molecular formula is C24H20N4O5. The molecule has 0 saturated heterocycles. The summed E-state index contributed by atoms with van der Waals surface area (Å²) in [6, 6.07) is 16.9. The molecule has 2 aromatic carbocycles. The number of ether oxygens (including phenoxy) is 2. The summed E-state index contributed by atoms with van der Waals surface area (Å²) in [5, 5.41) is 8.24. The van der Waals surface area contributed by atoms with Crippen LogP contribution in [0.5, 0.6) is 11.5 Å². The van der Waals surface area contributed by atoms with Crippen LogP contribution < -0.4 is 16.0 Å². The van der Waals surface area contributed by atoms with Crippen molar-refractivity contribution in [3.63, 3.8) is 0 Å². The van der Waals surface area contributed by atoms with Gasteiger partial charge in [0.15, 0.2) is 0 Å². The number of carbonyl (C=O) groups is 1. The van der Waals surface area contributed by atoms with Crippen LogP contribution in [0.15, 0.2) is 76.4 Å². The highest BCUT2D eigenvalue weighted by molar-refractivity contribution is 5.90. The van der Waals surface area contributed by atoms with E-state index < -0.39 is 17.2 Å². The zero-order valence-electron chi connectivity index (χ0n) is 17.9. The van der Waals surface area contributed by atoms with Gasteiger partial charge in [-0.1, -0.05) is 6.07 Å². The van der Waals surface area contributed by atoms with Gasteiger partial charge in [0.2, 0.25) is 0 Å². The van der Waals surface area contributed by atoms with Gasteiger partial charge in [-0.25, -0.2) is 9.59 Å². The number of rotatable bonds is 6. The minimum atomic E-state index is -0.547. The fourth-order valence-corrected chi connectivity index (χ4v) is 3.17. The van der Waals surface area contributed by atoms with E-state index in [9.17, 15) is 14.4 Å². The predicted octanol–water partition coefficient (Wildman–Crippen LogP) is 2.93. The molecule has 0 atom stereocenters. The number of hydrogen-bond donors (Lipinski definition) is 1. The number of hydrogen-bond acceptors (Lipinski definition) is 7. The third kappa shape index (κ3) is 4.87. The molecule has 0 fully saturated rings. The number of carbonyl (C=O) groups excluding carboxylic acids is 1. The second-order valence-corrected chi connectivity index (χ2v) is 7.21. The Labute approximate surface area is 188 Å². The summed E-state index contributed by atoms with van der Waals surface area (Å²) in [5.74, 6) is 0.279. The normalized spacial score (nSPS) is 10.6. The average molecular weight is 444 g/mol. The van der Waals surface area contributed by atoms with E-state index in [2.05, 4.69) is 15.2 Å². The number of H-pyrrole nitrogens is 1. The Balaban J connectivity index is 1.67. The summed E-state index contributed by atoms with van der Waals surface area (Å²) >= 11 is 0. The molecule has 0 saturated carbocycles. The van der Waals surface area contributed by atoms with Gasteiger partial charge in [0, 0.05) is 23.4 Å². The molecule has 0 spiro atoms. The van der Waals surface area contributed by atoms with Crippen LogP contribution in [0.1, 0.15) is 21.6 Å². The number of benzene rings is 2. The minimum absolute atomic E-state index is 0.0389. The number of aromatic nitrogens is 4. The Morgan fingerprint density at radius 1 is 1.00 bits per heavy atom. The molecule has 9 heteroatoms. The largest absolute Gasteiger partial charge is 0.465 e. The van der Waals surface area contributed by atoms with Crippen molar-refractivity contribution < 1.29 is 14.3 Å². The van der Waals surface area contributed by atoms with E-state index in [4.69, 9.17) is 9.47 Å². The highest BCUT2D eigenvalue weighted by Gasteiger charge is 2.14. The molecule has 166 valence electrons. The summed E-state index contributed by atoms with van der Waals surface area (Å²) < 4.78 is 11.9. The first kappa shape index (κ1) is 21.7. The average Bonchev–Trinajstić information content (AvgIpc) is 2.83. The lowest BCUT2D eigenvalue weighted by Gasteiger charge is -2.14. The van der Waals surface area contributed by atoms with Crippen LogP contribution in [0.3, 0.4) is 0 Å². The molecule has 0 aliphatic rings. The molecule has 4 rings (SSSR count). The van der Waals surface area contributed by atoms with Crippen LogP contribution >= 0.6 is 0 Å². The maximum Gasteiger partial charge on any atom is 0.337 e. The smallest absolute Gasteiger partial charge is 0.337 e. The number of nitrogens with zero attached hydrogens (tertiary/aromatic N) is 3. The highest BCUT2D eigenvalue weighted by atomic mass is 16.5. The first-order valence-electron chi connectivity index (χ1n) is 10.0. The van der Waals surface area contributed by atoms with Gasteiger partial charge in [0.05, 0.1) is 30.6 Å². The van der Waals surface area contributed by atoms with Crippen molar-refractivity contribution in [1.29, 1.82) is 0 Å². The topological polar surface area (TPSA) is 116 Å². The highest BCUT2D eigenvalue weighted by Crippen LogP contribution is 2.29. The lowest BCUT2D eigenvalue weighted by molar-refractivity contribution is 0.0600. The third-order valence-electron chi connectivity index (χ3n) is 4.94. The van der Waals surface area contributed by atoms with Gasteiger partial charge < -0.3 is 14.5 Å². The first-order chi connectivity index (χ1) is 15.9. The minimum Gasteiger partial charge on any atom is -0.465 e. The van der Waals surface area contributed by atoms with Crippen LogP contribution in [-0.4, -0.2) is 32.8 Å². The van der Waals surface area contributed by atoms with Crippen molar-refractivity contribution >= 4 is 5.97 Å². The first-order valence-corrected chi connectivity index (χ1v) is 10.0. The standard InChI is InChI=1S/C24H20N4O5/c1-15-3-10-20(27-26-15)16-6-8-19(9-7-16)33-21-13-17(23(30)32-2)4-5-18(21)14-28-22(29)11-12-25-24(28)31/h3-13H,14H2,1-2H3,(H,25,31). The van der Waals surface area contributed by atoms with E-state index in [0.29, 0.717) is 17.1 Å². The Bertz CT molecular complexity index is 1380. The SMILES string of the molecule is COC(=O)c1ccc(Cn2c(=O)cc[nH]c2=O)c(Oc2ccc(-c3ccc(C)nn3)cc2)c1. The van der Waals surface area contributed by atoms with Crippen molar-refractivity contribution in [3.05, 3.63) is 105 Å². The van der Waals surface area contributed by atoms with Crippen molar-refractivity contribution in [1.82, 2.24) is 19.7 Å². The van der Waals surface area contributed by atoms with E-state index in [1.165, 1.54) is 25.4 Å². The predicted molar refractivity (Wildman–Crippen MR) is 120 cm³/mol. The summed E-state index contributed by atoms with van der Waals surface area (Å²) in [6.07, 6.45) is 1.29. The number of nitrogens with one attached hydrogen (secondary N) is 1. The zero-order valence-corrected chi connectivity index (χ0v) is 17.9. The van der Waals surface area contributed by atoms with Gasteiger partial charge in [0.25, 0.3) is 5.56 Å². The maximum absolute atomic E-state index is 12.1. The Hall–Kier alpha value is -4.53. The van der Waals surface area contributed by atoms with E-state index in [0.717, 1.165) is 21.5 Å². The molecule has 0 aliphatic heterocycles. The molecular weight excluding hydrogens is 424 g/mol. The Kier molecular flexibility index (Phi) is 6.12. The number of aromatic amines is 1. The van der Waals surface area contributed by atoms with E-state index >= 15 is 0 Å². The molecule has 2 heterocycles. The van der Waals surface area contributed by atoms with Gasteiger partial charge in [-0.2, -0.15) is 10.2 Å². The Morgan fingerprint density at radius 3 is 2.45 bits per heavy atom. The lowest BCUT2D eigenvalue weighted by Crippen LogP contribution is -2.34. The van der Waals surface area contributed by atoms with Gasteiger partial charge >= 0.3 is 11.7 Å². The molecule has 33 heavy (non-hydrogen) atoms. The van der Waals surface area contributed by atoms with E-state index in [1.807, 2.05) is 31.2 Å². The van der Waals surface area contributed by atoms with E-state index in [-0.39, 0.29) is 12.1 Å². The second kappa shape index (κ2) is 9.31. The monoisotopic (exact) mass is 444 g/mol. The van der Waals surface area contributed by atoms with Gasteiger partial charge in [-0.05, 0) is 55.5 Å². The Morgan fingerprint density at radius 2 is 1.79 bits per heavy atom. The van der Waals surface area contributed by atoms with Gasteiger partial charge in [0.1, 0.15) is 11.5 Å². The van der Waals surface area contributed by atoms with Crippen LogP contribution in [0.4, 0.5) is 0 Å². The van der Waals surface area contributed by atoms with Crippen LogP contribution in [-0.2, 0) is 11.3 Å². The molecule has 2 aromatic heterocycles. The molecule has 9 nitrogen and oxygen atoms in total.